The third-order valence-corrected chi connectivity index (χ3v) is 4.21. The summed E-state index contributed by atoms with van der Waals surface area (Å²) in [5.41, 5.74) is 0. The first kappa shape index (κ1) is 23.5. The van der Waals surface area contributed by atoms with E-state index in [-0.39, 0.29) is 19.6 Å². The number of phosphoric acid groups is 1. The Morgan fingerprint density at radius 2 is 1.92 bits per heavy atom. The topological polar surface area (TPSA) is 105 Å². The Hall–Kier alpha value is -0.500. The summed E-state index contributed by atoms with van der Waals surface area (Å²) in [6, 6.07) is 0. The highest BCUT2D eigenvalue weighted by atomic mass is 31.2. The van der Waals surface area contributed by atoms with E-state index < -0.39 is 26.5 Å². The van der Waals surface area contributed by atoms with Crippen LogP contribution in [0.5, 0.6) is 0 Å². The minimum atomic E-state index is -4.55. The largest absolute Gasteiger partial charge is 0.756 e. The second-order valence-electron chi connectivity index (χ2n) is 6.70. The van der Waals surface area contributed by atoms with Gasteiger partial charge in [-0.2, -0.15) is 0 Å². The van der Waals surface area contributed by atoms with Crippen LogP contribution >= 0.6 is 7.82 Å². The number of hydrogen-bond donors (Lipinski definition) is 1. The summed E-state index contributed by atoms with van der Waals surface area (Å²) in [5.74, 6) is -0.431. The van der Waals surface area contributed by atoms with Gasteiger partial charge < -0.3 is 28.3 Å². The number of esters is 1. The molecule has 0 aromatic carbocycles. The van der Waals surface area contributed by atoms with E-state index in [4.69, 9.17) is 18.9 Å². The number of aliphatic hydroxyl groups is 1. The normalized spacial score (nSPS) is 15.8. The van der Waals surface area contributed by atoms with E-state index in [1.807, 2.05) is 21.1 Å². The summed E-state index contributed by atoms with van der Waals surface area (Å²) in [4.78, 5) is 23.2. The second kappa shape index (κ2) is 12.0. The molecule has 2 atom stereocenters. The highest BCUT2D eigenvalue weighted by molar-refractivity contribution is 7.45. The molecule has 8 nitrogen and oxygen atoms in total. The Bertz CT molecular complexity index is 398. The van der Waals surface area contributed by atoms with E-state index in [2.05, 4.69) is 6.92 Å². The first-order chi connectivity index (χ1) is 11.1. The maximum Gasteiger partial charge on any atom is 0.305 e. The van der Waals surface area contributed by atoms with Gasteiger partial charge in [0.1, 0.15) is 25.9 Å². The first-order valence-electron chi connectivity index (χ1n) is 8.30. The number of unbranched alkanes of at least 4 members (excludes halogenated alkanes) is 3. The molecule has 0 saturated carbocycles. The minimum Gasteiger partial charge on any atom is -0.756 e. The maximum atomic E-state index is 11.7. The Morgan fingerprint density at radius 3 is 2.46 bits per heavy atom. The number of nitrogens with zero attached hydrogens (tertiary/aromatic N) is 1. The lowest BCUT2D eigenvalue weighted by molar-refractivity contribution is -0.870. The van der Waals surface area contributed by atoms with Crippen LogP contribution in [0, 0.1) is 0 Å². The molecule has 0 aliphatic rings. The molecule has 9 heteroatoms. The van der Waals surface area contributed by atoms with Crippen LogP contribution in [0.2, 0.25) is 0 Å². The van der Waals surface area contributed by atoms with Gasteiger partial charge in [-0.3, -0.25) is 9.36 Å². The molecule has 0 heterocycles. The predicted octanol–water partition coefficient (Wildman–Crippen LogP) is 1.07. The molecule has 0 rings (SSSR count). The monoisotopic (exact) mass is 369 g/mol. The van der Waals surface area contributed by atoms with Gasteiger partial charge in [0.15, 0.2) is 0 Å². The van der Waals surface area contributed by atoms with Crippen LogP contribution in [-0.2, 0) is 23.1 Å². The van der Waals surface area contributed by atoms with Crippen molar-refractivity contribution in [3.8, 4) is 0 Å². The average Bonchev–Trinajstić information content (AvgIpc) is 2.46. The van der Waals surface area contributed by atoms with Crippen molar-refractivity contribution < 1.29 is 37.6 Å². The van der Waals surface area contributed by atoms with E-state index in [1.54, 1.807) is 0 Å². The van der Waals surface area contributed by atoms with E-state index >= 15 is 0 Å². The van der Waals surface area contributed by atoms with Gasteiger partial charge in [-0.1, -0.05) is 26.2 Å². The van der Waals surface area contributed by atoms with Gasteiger partial charge in [0, 0.05) is 6.42 Å². The predicted molar refractivity (Wildman–Crippen MR) is 88.1 cm³/mol. The van der Waals surface area contributed by atoms with Crippen LogP contribution in [0.4, 0.5) is 0 Å². The highest BCUT2D eigenvalue weighted by Crippen LogP contribution is 2.39. The van der Waals surface area contributed by atoms with Gasteiger partial charge in [0.2, 0.25) is 0 Å². The molecule has 0 aromatic rings. The van der Waals surface area contributed by atoms with Crippen LogP contribution in [0.1, 0.15) is 39.0 Å². The maximum absolute atomic E-state index is 11.7. The first-order valence-corrected chi connectivity index (χ1v) is 9.76. The standard InChI is InChI=1S/C15H32NO7P/c1-5-6-7-8-9-15(18)21-13-14(12-17)23-24(19,20)22-11-10-16(2,3)4/h14,17H,5-13H2,1-4H3/t14-/m0/s1. The Balaban J connectivity index is 4.10. The molecule has 0 aromatic heterocycles. The van der Waals surface area contributed by atoms with Crippen LogP contribution in [0.3, 0.4) is 0 Å². The van der Waals surface area contributed by atoms with E-state index in [9.17, 15) is 14.3 Å². The zero-order chi connectivity index (χ0) is 18.6. The number of phosphoric ester groups is 1. The molecule has 0 saturated heterocycles. The quantitative estimate of drug-likeness (QED) is 0.211. The second-order valence-corrected chi connectivity index (χ2v) is 8.06. The van der Waals surface area contributed by atoms with Crippen LogP contribution in [-0.4, -0.2) is 69.2 Å². The van der Waals surface area contributed by atoms with Gasteiger partial charge in [0.25, 0.3) is 7.82 Å². The van der Waals surface area contributed by atoms with E-state index in [1.165, 1.54) is 0 Å². The zero-order valence-electron chi connectivity index (χ0n) is 15.2. The highest BCUT2D eigenvalue weighted by Gasteiger charge is 2.20. The summed E-state index contributed by atoms with van der Waals surface area (Å²) >= 11 is 0. The summed E-state index contributed by atoms with van der Waals surface area (Å²) in [6.45, 7) is 1.61. The zero-order valence-corrected chi connectivity index (χ0v) is 16.1. The molecular formula is C15H32NO7P. The van der Waals surface area contributed by atoms with Crippen molar-refractivity contribution >= 4 is 13.8 Å². The Morgan fingerprint density at radius 1 is 1.25 bits per heavy atom. The molecule has 24 heavy (non-hydrogen) atoms. The minimum absolute atomic E-state index is 0.0281. The molecule has 0 amide bonds. The molecule has 0 bridgehead atoms. The molecule has 0 radical (unpaired) electrons. The third-order valence-electron chi connectivity index (χ3n) is 3.16. The number of likely N-dealkylation sites (N-methyl/N-ethyl adjacent to an activating group) is 1. The molecular weight excluding hydrogens is 337 g/mol. The van der Waals surface area contributed by atoms with Crippen molar-refractivity contribution in [3.63, 3.8) is 0 Å². The van der Waals surface area contributed by atoms with Gasteiger partial charge >= 0.3 is 5.97 Å². The van der Waals surface area contributed by atoms with Gasteiger partial charge in [-0.15, -0.1) is 0 Å². The molecule has 0 aliphatic carbocycles. The van der Waals surface area contributed by atoms with E-state index in [0.29, 0.717) is 11.0 Å². The lowest BCUT2D eigenvalue weighted by Crippen LogP contribution is -2.38. The van der Waals surface area contributed by atoms with E-state index in [0.717, 1.165) is 25.7 Å². The summed E-state index contributed by atoms with van der Waals surface area (Å²) < 4.78 is 26.7. The van der Waals surface area contributed by atoms with Crippen LogP contribution in [0.25, 0.3) is 0 Å². The fourth-order valence-electron chi connectivity index (χ4n) is 1.71. The fourth-order valence-corrected chi connectivity index (χ4v) is 2.57. The van der Waals surface area contributed by atoms with Gasteiger partial charge in [0.05, 0.1) is 27.7 Å². The Labute approximate surface area is 144 Å². The average molecular weight is 369 g/mol. The summed E-state index contributed by atoms with van der Waals surface area (Å²) in [7, 11) is 1.15. The molecule has 1 unspecified atom stereocenters. The van der Waals surface area contributed by atoms with Gasteiger partial charge in [-0.25, -0.2) is 0 Å². The molecule has 0 spiro atoms. The van der Waals surface area contributed by atoms with Crippen molar-refractivity contribution in [3.05, 3.63) is 0 Å². The lowest BCUT2D eigenvalue weighted by Gasteiger charge is -2.29. The third kappa shape index (κ3) is 13.9. The number of ether oxygens (including phenoxy) is 1. The smallest absolute Gasteiger partial charge is 0.305 e. The number of carbonyl (C=O) groups excluding carboxylic acids is 1. The number of hydrogen-bond acceptors (Lipinski definition) is 7. The summed E-state index contributed by atoms with van der Waals surface area (Å²) in [6.07, 6.45) is 2.92. The van der Waals surface area contributed by atoms with Crippen molar-refractivity contribution in [2.45, 2.75) is 45.1 Å². The lowest BCUT2D eigenvalue weighted by atomic mass is 10.2. The van der Waals surface area contributed by atoms with Crippen molar-refractivity contribution in [1.82, 2.24) is 0 Å². The number of carbonyl (C=O) groups is 1. The van der Waals surface area contributed by atoms with Crippen molar-refractivity contribution in [2.24, 2.45) is 0 Å². The summed E-state index contributed by atoms with van der Waals surface area (Å²) in [5, 5.41) is 9.17. The molecule has 0 aliphatic heterocycles. The van der Waals surface area contributed by atoms with Crippen molar-refractivity contribution in [2.75, 3.05) is 47.5 Å². The molecule has 1 N–H and O–H groups in total. The molecule has 0 fully saturated rings. The number of aliphatic hydroxyl groups excluding tert-OH is 1. The SMILES string of the molecule is CCCCCCC(=O)OC[C@H](CO)OP(=O)([O-])OCC[N+](C)(C)C. The number of quaternary nitrogens is 1. The molecule has 144 valence electrons. The van der Waals surface area contributed by atoms with Gasteiger partial charge in [-0.05, 0) is 6.42 Å². The van der Waals surface area contributed by atoms with Crippen LogP contribution in [0.15, 0.2) is 0 Å². The van der Waals surface area contributed by atoms with Crippen LogP contribution < -0.4 is 4.89 Å². The fraction of sp³-hybridized carbons (Fsp3) is 0.933. The number of rotatable bonds is 14. The Kier molecular flexibility index (Phi) is 11.7. The van der Waals surface area contributed by atoms with Crippen molar-refractivity contribution in [1.29, 1.82) is 0 Å².